The molecule has 0 saturated carbocycles. The maximum Gasteiger partial charge on any atom is 0.292 e. The van der Waals surface area contributed by atoms with E-state index in [1.54, 1.807) is 19.2 Å². The van der Waals surface area contributed by atoms with Gasteiger partial charge in [-0.15, -0.1) is 0 Å². The van der Waals surface area contributed by atoms with Crippen LogP contribution in [0.5, 0.6) is 0 Å². The van der Waals surface area contributed by atoms with Gasteiger partial charge in [-0.25, -0.2) is 0 Å². The molecule has 82 valence electrons. The third-order valence-corrected chi connectivity index (χ3v) is 1.97. The summed E-state index contributed by atoms with van der Waals surface area (Å²) in [6.45, 7) is 2.90. The molecular formula is C10H14N2O3. The lowest BCUT2D eigenvalue weighted by Crippen LogP contribution is -2.09. The van der Waals surface area contributed by atoms with Crippen molar-refractivity contribution >= 4 is 11.4 Å². The standard InChI is InChI=1S/C10H14N2O3/c1-8-3-4-9(11-5-6-15-2)10(7-8)12(13)14/h3-4,7,11H,5-6H2,1-2H3. The molecule has 0 aliphatic carbocycles. The van der Waals surface area contributed by atoms with Crippen molar-refractivity contribution in [2.45, 2.75) is 6.92 Å². The van der Waals surface area contributed by atoms with Crippen LogP contribution in [0.1, 0.15) is 5.56 Å². The number of hydrogen-bond acceptors (Lipinski definition) is 4. The van der Waals surface area contributed by atoms with E-state index in [4.69, 9.17) is 4.74 Å². The van der Waals surface area contributed by atoms with Crippen LogP contribution in [0.15, 0.2) is 18.2 Å². The van der Waals surface area contributed by atoms with E-state index in [9.17, 15) is 10.1 Å². The van der Waals surface area contributed by atoms with Crippen LogP contribution in [-0.4, -0.2) is 25.2 Å². The summed E-state index contributed by atoms with van der Waals surface area (Å²) in [6, 6.07) is 5.10. The van der Waals surface area contributed by atoms with E-state index >= 15 is 0 Å². The fraction of sp³-hybridized carbons (Fsp3) is 0.400. The van der Waals surface area contributed by atoms with Gasteiger partial charge in [0.05, 0.1) is 11.5 Å². The first kappa shape index (κ1) is 11.5. The number of nitrogens with zero attached hydrogens (tertiary/aromatic N) is 1. The molecule has 0 spiro atoms. The van der Waals surface area contributed by atoms with Crippen molar-refractivity contribution in [2.75, 3.05) is 25.6 Å². The van der Waals surface area contributed by atoms with Gasteiger partial charge >= 0.3 is 0 Å². The minimum Gasteiger partial charge on any atom is -0.383 e. The number of nitrogens with one attached hydrogen (secondary N) is 1. The van der Waals surface area contributed by atoms with E-state index in [-0.39, 0.29) is 10.6 Å². The quantitative estimate of drug-likeness (QED) is 0.458. The molecule has 0 aliphatic rings. The molecule has 1 N–H and O–H groups in total. The van der Waals surface area contributed by atoms with E-state index in [1.165, 1.54) is 0 Å². The molecule has 0 fully saturated rings. The molecule has 0 heterocycles. The molecule has 0 bridgehead atoms. The van der Waals surface area contributed by atoms with Crippen molar-refractivity contribution in [1.82, 2.24) is 0 Å². The first-order valence-corrected chi connectivity index (χ1v) is 4.63. The second kappa shape index (κ2) is 5.31. The zero-order valence-electron chi connectivity index (χ0n) is 8.82. The fourth-order valence-corrected chi connectivity index (χ4v) is 1.23. The van der Waals surface area contributed by atoms with Gasteiger partial charge in [0, 0.05) is 19.7 Å². The van der Waals surface area contributed by atoms with E-state index in [1.807, 2.05) is 13.0 Å². The summed E-state index contributed by atoms with van der Waals surface area (Å²) in [5.74, 6) is 0. The summed E-state index contributed by atoms with van der Waals surface area (Å²) in [4.78, 5) is 10.4. The molecule has 0 aliphatic heterocycles. The highest BCUT2D eigenvalue weighted by Gasteiger charge is 2.12. The Balaban J connectivity index is 2.81. The van der Waals surface area contributed by atoms with Crippen LogP contribution in [-0.2, 0) is 4.74 Å². The molecule has 5 heteroatoms. The number of aryl methyl sites for hydroxylation is 1. The van der Waals surface area contributed by atoms with Gasteiger partial charge in [0.1, 0.15) is 5.69 Å². The van der Waals surface area contributed by atoms with Gasteiger partial charge in [0.25, 0.3) is 5.69 Å². The molecule has 5 nitrogen and oxygen atoms in total. The van der Waals surface area contributed by atoms with Crippen molar-refractivity contribution < 1.29 is 9.66 Å². The second-order valence-electron chi connectivity index (χ2n) is 3.20. The molecule has 0 amide bonds. The lowest BCUT2D eigenvalue weighted by molar-refractivity contribution is -0.384. The Morgan fingerprint density at radius 1 is 1.53 bits per heavy atom. The maximum atomic E-state index is 10.7. The number of anilines is 1. The molecule has 15 heavy (non-hydrogen) atoms. The molecule has 1 rings (SSSR count). The van der Waals surface area contributed by atoms with E-state index in [0.29, 0.717) is 18.8 Å². The van der Waals surface area contributed by atoms with Crippen LogP contribution in [0.25, 0.3) is 0 Å². The average molecular weight is 210 g/mol. The Hall–Kier alpha value is -1.62. The Kier molecular flexibility index (Phi) is 4.05. The van der Waals surface area contributed by atoms with Crippen LogP contribution >= 0.6 is 0 Å². The first-order valence-electron chi connectivity index (χ1n) is 4.63. The van der Waals surface area contributed by atoms with Gasteiger partial charge in [0.2, 0.25) is 0 Å². The Morgan fingerprint density at radius 3 is 2.87 bits per heavy atom. The predicted molar refractivity (Wildman–Crippen MR) is 58.2 cm³/mol. The minimum atomic E-state index is -0.387. The Morgan fingerprint density at radius 2 is 2.27 bits per heavy atom. The van der Waals surface area contributed by atoms with Crippen molar-refractivity contribution in [2.24, 2.45) is 0 Å². The number of nitro benzene ring substituents is 1. The Bertz CT molecular complexity index is 353. The van der Waals surface area contributed by atoms with Gasteiger partial charge in [-0.3, -0.25) is 10.1 Å². The van der Waals surface area contributed by atoms with E-state index < -0.39 is 0 Å². The van der Waals surface area contributed by atoms with Crippen molar-refractivity contribution in [3.8, 4) is 0 Å². The molecule has 0 radical (unpaired) electrons. The number of hydrogen-bond donors (Lipinski definition) is 1. The van der Waals surface area contributed by atoms with Crippen LogP contribution in [0, 0.1) is 17.0 Å². The minimum absolute atomic E-state index is 0.103. The molecule has 1 aromatic rings. The summed E-state index contributed by atoms with van der Waals surface area (Å²) in [5, 5.41) is 13.7. The first-order chi connectivity index (χ1) is 7.15. The van der Waals surface area contributed by atoms with Crippen molar-refractivity contribution in [3.05, 3.63) is 33.9 Å². The number of benzene rings is 1. The highest BCUT2D eigenvalue weighted by molar-refractivity contribution is 5.62. The molecule has 0 atom stereocenters. The zero-order valence-corrected chi connectivity index (χ0v) is 8.82. The number of rotatable bonds is 5. The third-order valence-electron chi connectivity index (χ3n) is 1.97. The fourth-order valence-electron chi connectivity index (χ4n) is 1.23. The summed E-state index contributed by atoms with van der Waals surface area (Å²) in [6.07, 6.45) is 0. The van der Waals surface area contributed by atoms with Crippen LogP contribution < -0.4 is 5.32 Å². The van der Waals surface area contributed by atoms with Gasteiger partial charge in [-0.05, 0) is 18.6 Å². The van der Waals surface area contributed by atoms with Crippen molar-refractivity contribution in [3.63, 3.8) is 0 Å². The van der Waals surface area contributed by atoms with E-state index in [0.717, 1.165) is 5.56 Å². The lowest BCUT2D eigenvalue weighted by Gasteiger charge is -2.06. The van der Waals surface area contributed by atoms with Gasteiger partial charge < -0.3 is 10.1 Å². The molecule has 0 unspecified atom stereocenters. The van der Waals surface area contributed by atoms with Gasteiger partial charge in [-0.1, -0.05) is 6.07 Å². The monoisotopic (exact) mass is 210 g/mol. The Labute approximate surface area is 88.2 Å². The molecule has 0 aromatic heterocycles. The average Bonchev–Trinajstić information content (AvgIpc) is 2.20. The lowest BCUT2D eigenvalue weighted by atomic mass is 10.2. The summed E-state index contributed by atoms with van der Waals surface area (Å²) < 4.78 is 4.86. The molecular weight excluding hydrogens is 196 g/mol. The molecule has 1 aromatic carbocycles. The number of ether oxygens (including phenoxy) is 1. The normalized spacial score (nSPS) is 10.0. The van der Waals surface area contributed by atoms with E-state index in [2.05, 4.69) is 5.32 Å². The number of nitro groups is 1. The summed E-state index contributed by atoms with van der Waals surface area (Å²) >= 11 is 0. The second-order valence-corrected chi connectivity index (χ2v) is 3.20. The van der Waals surface area contributed by atoms with Gasteiger partial charge in [-0.2, -0.15) is 0 Å². The summed E-state index contributed by atoms with van der Waals surface area (Å²) in [7, 11) is 1.59. The largest absolute Gasteiger partial charge is 0.383 e. The van der Waals surface area contributed by atoms with Crippen LogP contribution in [0.2, 0.25) is 0 Å². The summed E-state index contributed by atoms with van der Waals surface area (Å²) in [5.41, 5.74) is 1.51. The number of methoxy groups -OCH3 is 1. The topological polar surface area (TPSA) is 64.4 Å². The van der Waals surface area contributed by atoms with Crippen LogP contribution in [0.4, 0.5) is 11.4 Å². The van der Waals surface area contributed by atoms with Crippen molar-refractivity contribution in [1.29, 1.82) is 0 Å². The SMILES string of the molecule is COCCNc1ccc(C)cc1[N+](=O)[O-]. The predicted octanol–water partition coefficient (Wildman–Crippen LogP) is 1.96. The highest BCUT2D eigenvalue weighted by Crippen LogP contribution is 2.24. The third kappa shape index (κ3) is 3.21. The maximum absolute atomic E-state index is 10.7. The zero-order chi connectivity index (χ0) is 11.3. The molecule has 0 saturated heterocycles. The highest BCUT2D eigenvalue weighted by atomic mass is 16.6. The smallest absolute Gasteiger partial charge is 0.292 e. The van der Waals surface area contributed by atoms with Gasteiger partial charge in [0.15, 0.2) is 0 Å². The van der Waals surface area contributed by atoms with Crippen LogP contribution in [0.3, 0.4) is 0 Å².